The number of amidine groups is 1. The predicted molar refractivity (Wildman–Crippen MR) is 85.1 cm³/mol. The first-order valence-electron chi connectivity index (χ1n) is 6.19. The molecule has 0 aliphatic rings. The molecule has 100 valence electrons. The Morgan fingerprint density at radius 2 is 2.00 bits per heavy atom. The summed E-state index contributed by atoms with van der Waals surface area (Å²) in [5.41, 5.74) is 8.22. The van der Waals surface area contributed by atoms with E-state index in [1.165, 1.54) is 0 Å². The third kappa shape index (κ3) is 2.23. The Kier molecular flexibility index (Phi) is 3.12. The first kappa shape index (κ1) is 12.6. The fourth-order valence-electron chi connectivity index (χ4n) is 2.00. The van der Waals surface area contributed by atoms with Crippen molar-refractivity contribution >= 4 is 38.2 Å². The third-order valence-corrected chi connectivity index (χ3v) is 4.23. The summed E-state index contributed by atoms with van der Waals surface area (Å²) in [5, 5.41) is 8.43. The molecular formula is C15H14N4S. The van der Waals surface area contributed by atoms with Gasteiger partial charge in [-0.25, -0.2) is 4.98 Å². The van der Waals surface area contributed by atoms with Crippen molar-refractivity contribution < 1.29 is 0 Å². The molecule has 0 radical (unpaired) electrons. The van der Waals surface area contributed by atoms with Gasteiger partial charge in [0.1, 0.15) is 5.84 Å². The molecule has 3 aromatic rings. The van der Waals surface area contributed by atoms with Gasteiger partial charge in [-0.1, -0.05) is 35.6 Å². The van der Waals surface area contributed by atoms with Crippen LogP contribution in [-0.2, 0) is 0 Å². The largest absolute Gasteiger partial charge is 0.384 e. The van der Waals surface area contributed by atoms with E-state index < -0.39 is 0 Å². The van der Waals surface area contributed by atoms with Crippen molar-refractivity contribution in [2.24, 2.45) is 5.73 Å². The maximum absolute atomic E-state index is 7.51. The second-order valence-electron chi connectivity index (χ2n) is 4.49. The predicted octanol–water partition coefficient (Wildman–Crippen LogP) is 3.35. The third-order valence-electron chi connectivity index (χ3n) is 3.11. The highest BCUT2D eigenvalue weighted by Crippen LogP contribution is 2.32. The number of nitrogens with one attached hydrogen (secondary N) is 1. The Morgan fingerprint density at radius 1 is 1.20 bits per heavy atom. The Labute approximate surface area is 121 Å². The van der Waals surface area contributed by atoms with Crippen LogP contribution in [0.2, 0.25) is 0 Å². The van der Waals surface area contributed by atoms with Crippen molar-refractivity contribution in [3.8, 4) is 0 Å². The van der Waals surface area contributed by atoms with Gasteiger partial charge in [-0.2, -0.15) is 0 Å². The first-order chi connectivity index (χ1) is 9.65. The van der Waals surface area contributed by atoms with Crippen molar-refractivity contribution in [2.75, 3.05) is 11.9 Å². The van der Waals surface area contributed by atoms with Gasteiger partial charge in [0.25, 0.3) is 0 Å². The number of aromatic nitrogens is 1. The lowest BCUT2D eigenvalue weighted by molar-refractivity contribution is 1.18. The molecule has 3 rings (SSSR count). The van der Waals surface area contributed by atoms with Crippen LogP contribution in [0.15, 0.2) is 48.5 Å². The zero-order valence-electron chi connectivity index (χ0n) is 11.0. The molecule has 0 saturated carbocycles. The van der Waals surface area contributed by atoms with E-state index in [2.05, 4.69) is 11.1 Å². The summed E-state index contributed by atoms with van der Waals surface area (Å²) in [6.45, 7) is 0. The van der Waals surface area contributed by atoms with Gasteiger partial charge in [-0.15, -0.1) is 0 Å². The number of para-hydroxylation sites is 1. The van der Waals surface area contributed by atoms with Crippen molar-refractivity contribution in [1.29, 1.82) is 5.41 Å². The zero-order valence-corrected chi connectivity index (χ0v) is 11.8. The van der Waals surface area contributed by atoms with Gasteiger partial charge in [-0.05, 0) is 24.3 Å². The van der Waals surface area contributed by atoms with E-state index in [4.69, 9.17) is 11.1 Å². The fraction of sp³-hybridized carbons (Fsp3) is 0.0667. The van der Waals surface area contributed by atoms with Gasteiger partial charge in [0, 0.05) is 18.3 Å². The monoisotopic (exact) mass is 282 g/mol. The van der Waals surface area contributed by atoms with Crippen LogP contribution in [0.1, 0.15) is 5.56 Å². The minimum absolute atomic E-state index is 0.0737. The van der Waals surface area contributed by atoms with Crippen LogP contribution in [-0.4, -0.2) is 17.9 Å². The van der Waals surface area contributed by atoms with Crippen LogP contribution >= 0.6 is 11.3 Å². The van der Waals surface area contributed by atoms with Crippen LogP contribution in [0.5, 0.6) is 0 Å². The number of benzene rings is 2. The number of nitrogen functional groups attached to an aromatic ring is 1. The Hall–Kier alpha value is -2.40. The number of nitrogens with zero attached hydrogens (tertiary/aromatic N) is 2. The molecule has 0 bridgehead atoms. The van der Waals surface area contributed by atoms with E-state index in [1.54, 1.807) is 11.3 Å². The molecule has 0 saturated heterocycles. The summed E-state index contributed by atoms with van der Waals surface area (Å²) < 4.78 is 1.16. The smallest absolute Gasteiger partial charge is 0.190 e. The summed E-state index contributed by atoms with van der Waals surface area (Å²) in [7, 11) is 1.97. The van der Waals surface area contributed by atoms with Crippen molar-refractivity contribution in [1.82, 2.24) is 4.98 Å². The van der Waals surface area contributed by atoms with Crippen molar-refractivity contribution in [3.05, 3.63) is 54.1 Å². The van der Waals surface area contributed by atoms with Gasteiger partial charge < -0.3 is 10.6 Å². The topological polar surface area (TPSA) is 66.0 Å². The molecule has 4 nitrogen and oxygen atoms in total. The van der Waals surface area contributed by atoms with Gasteiger partial charge in [0.2, 0.25) is 0 Å². The second kappa shape index (κ2) is 4.94. The highest BCUT2D eigenvalue weighted by molar-refractivity contribution is 7.22. The number of hydrogen-bond acceptors (Lipinski definition) is 4. The Balaban J connectivity index is 2.01. The summed E-state index contributed by atoms with van der Waals surface area (Å²) in [4.78, 5) is 6.63. The lowest BCUT2D eigenvalue weighted by atomic mass is 10.2. The lowest BCUT2D eigenvalue weighted by Crippen LogP contribution is -2.13. The first-order valence-corrected chi connectivity index (χ1v) is 7.00. The van der Waals surface area contributed by atoms with Gasteiger partial charge in [0.15, 0.2) is 5.13 Å². The highest BCUT2D eigenvalue weighted by Gasteiger charge is 2.10. The van der Waals surface area contributed by atoms with Crippen LogP contribution in [0.3, 0.4) is 0 Å². The fourth-order valence-corrected chi connectivity index (χ4v) is 2.94. The number of nitrogens with two attached hydrogens (primary N) is 1. The Bertz CT molecular complexity index is 745. The van der Waals surface area contributed by atoms with E-state index >= 15 is 0 Å². The van der Waals surface area contributed by atoms with E-state index in [9.17, 15) is 0 Å². The molecule has 0 spiro atoms. The quantitative estimate of drug-likeness (QED) is 0.572. The second-order valence-corrected chi connectivity index (χ2v) is 5.50. The van der Waals surface area contributed by atoms with Crippen LogP contribution in [0.4, 0.5) is 10.8 Å². The summed E-state index contributed by atoms with van der Waals surface area (Å²) in [6.07, 6.45) is 0. The average Bonchev–Trinajstić information content (AvgIpc) is 2.90. The molecule has 0 atom stereocenters. The standard InChI is InChI=1S/C15H14N4S/c1-19(11-6-4-5-10(9-11)14(16)17)15-18-12-7-2-3-8-13(12)20-15/h2-9H,1H3,(H3,16,17). The molecule has 0 unspecified atom stereocenters. The Morgan fingerprint density at radius 3 is 2.75 bits per heavy atom. The summed E-state index contributed by atoms with van der Waals surface area (Å²) in [5.74, 6) is 0.0737. The van der Waals surface area contributed by atoms with Gasteiger partial charge >= 0.3 is 0 Å². The van der Waals surface area contributed by atoms with Crippen LogP contribution < -0.4 is 10.6 Å². The normalized spacial score (nSPS) is 10.7. The molecule has 0 amide bonds. The van der Waals surface area contributed by atoms with Crippen LogP contribution in [0, 0.1) is 5.41 Å². The lowest BCUT2D eigenvalue weighted by Gasteiger charge is -2.16. The van der Waals surface area contributed by atoms with Crippen molar-refractivity contribution in [3.63, 3.8) is 0 Å². The molecule has 0 aliphatic carbocycles. The van der Waals surface area contributed by atoms with Gasteiger partial charge in [-0.3, -0.25) is 5.41 Å². The van der Waals surface area contributed by atoms with E-state index in [1.807, 2.05) is 54.4 Å². The molecule has 20 heavy (non-hydrogen) atoms. The maximum atomic E-state index is 7.51. The zero-order chi connectivity index (χ0) is 14.1. The minimum atomic E-state index is 0.0737. The van der Waals surface area contributed by atoms with E-state index in [-0.39, 0.29) is 5.84 Å². The number of hydrogen-bond donors (Lipinski definition) is 2. The number of rotatable bonds is 3. The minimum Gasteiger partial charge on any atom is -0.384 e. The molecule has 0 fully saturated rings. The molecule has 1 heterocycles. The number of fused-ring (bicyclic) bond motifs is 1. The highest BCUT2D eigenvalue weighted by atomic mass is 32.1. The maximum Gasteiger partial charge on any atom is 0.190 e. The summed E-state index contributed by atoms with van der Waals surface area (Å²) in [6, 6.07) is 15.7. The molecule has 2 aromatic carbocycles. The molecule has 0 aliphatic heterocycles. The molecule has 3 N–H and O–H groups in total. The SMILES string of the molecule is CN(c1cccc(C(=N)N)c1)c1nc2ccccc2s1. The van der Waals surface area contributed by atoms with Crippen molar-refractivity contribution in [2.45, 2.75) is 0 Å². The molecule has 5 heteroatoms. The van der Waals surface area contributed by atoms with Crippen LogP contribution in [0.25, 0.3) is 10.2 Å². The molecule has 1 aromatic heterocycles. The van der Waals surface area contributed by atoms with E-state index in [0.717, 1.165) is 26.6 Å². The van der Waals surface area contributed by atoms with Gasteiger partial charge in [0.05, 0.1) is 10.2 Å². The number of thiazole rings is 1. The van der Waals surface area contributed by atoms with E-state index in [0.29, 0.717) is 0 Å². The summed E-state index contributed by atoms with van der Waals surface area (Å²) >= 11 is 1.64. The number of anilines is 2. The average molecular weight is 282 g/mol. The molecular weight excluding hydrogens is 268 g/mol.